The van der Waals surface area contributed by atoms with Crippen LogP contribution in [-0.2, 0) is 6.54 Å². The van der Waals surface area contributed by atoms with Crippen molar-refractivity contribution < 1.29 is 0 Å². The lowest BCUT2D eigenvalue weighted by atomic mass is 10.1. The van der Waals surface area contributed by atoms with Gasteiger partial charge in [-0.2, -0.15) is 4.37 Å². The lowest BCUT2D eigenvalue weighted by Gasteiger charge is -2.05. The molecule has 0 saturated carbocycles. The van der Waals surface area contributed by atoms with Gasteiger partial charge < -0.3 is 11.1 Å². The summed E-state index contributed by atoms with van der Waals surface area (Å²) in [6.07, 6.45) is 0. The molecular formula is C12H15N3S. The van der Waals surface area contributed by atoms with Gasteiger partial charge in [-0.1, -0.05) is 29.8 Å². The third-order valence-corrected chi connectivity index (χ3v) is 3.42. The Labute approximate surface area is 99.5 Å². The Balaban J connectivity index is 2.05. The molecule has 2 aromatic rings. The second-order valence-corrected chi connectivity index (χ2v) is 4.64. The van der Waals surface area contributed by atoms with Crippen LogP contribution in [0.3, 0.4) is 0 Å². The number of hydrogen-bond acceptors (Lipinski definition) is 4. The third-order valence-electron chi connectivity index (χ3n) is 2.50. The molecule has 0 aliphatic rings. The Kier molecular flexibility index (Phi) is 3.10. The van der Waals surface area contributed by atoms with Gasteiger partial charge >= 0.3 is 0 Å². The smallest absolute Gasteiger partial charge is 0.142 e. The topological polar surface area (TPSA) is 50.9 Å². The summed E-state index contributed by atoms with van der Waals surface area (Å²) in [6.45, 7) is 4.89. The highest BCUT2D eigenvalue weighted by Gasteiger charge is 2.05. The highest BCUT2D eigenvalue weighted by molar-refractivity contribution is 7.10. The first-order valence-electron chi connectivity index (χ1n) is 5.18. The molecule has 3 N–H and O–H groups in total. The fourth-order valence-electron chi connectivity index (χ4n) is 1.52. The van der Waals surface area contributed by atoms with Crippen molar-refractivity contribution in [2.24, 2.45) is 0 Å². The molecule has 1 aromatic carbocycles. The summed E-state index contributed by atoms with van der Waals surface area (Å²) >= 11 is 1.41. The van der Waals surface area contributed by atoms with Crippen LogP contribution in [0.2, 0.25) is 0 Å². The van der Waals surface area contributed by atoms with Gasteiger partial charge in [0.25, 0.3) is 0 Å². The molecule has 3 nitrogen and oxygen atoms in total. The van der Waals surface area contributed by atoms with Crippen molar-refractivity contribution in [1.29, 1.82) is 0 Å². The van der Waals surface area contributed by atoms with Gasteiger partial charge in [-0.3, -0.25) is 0 Å². The van der Waals surface area contributed by atoms with Crippen molar-refractivity contribution in [3.63, 3.8) is 0 Å². The second-order valence-electron chi connectivity index (χ2n) is 3.86. The average molecular weight is 233 g/mol. The molecule has 84 valence electrons. The minimum atomic E-state index is 0.622. The first kappa shape index (κ1) is 11.0. The standard InChI is InChI=1S/C12H15N3S/c1-8-4-3-5-10(6-8)7-14-12-9(2)11(13)15-16-12/h3-6,14H,7H2,1-2H3,(H2,13,15). The highest BCUT2D eigenvalue weighted by Crippen LogP contribution is 2.25. The van der Waals surface area contributed by atoms with Gasteiger partial charge in [-0.15, -0.1) is 0 Å². The number of nitrogens with one attached hydrogen (secondary N) is 1. The summed E-state index contributed by atoms with van der Waals surface area (Å²) in [5, 5.41) is 4.41. The van der Waals surface area contributed by atoms with E-state index in [0.717, 1.165) is 17.1 Å². The Morgan fingerprint density at radius 2 is 2.19 bits per heavy atom. The number of nitrogens with zero attached hydrogens (tertiary/aromatic N) is 1. The van der Waals surface area contributed by atoms with Crippen molar-refractivity contribution >= 4 is 22.4 Å². The van der Waals surface area contributed by atoms with E-state index in [1.165, 1.54) is 22.7 Å². The number of anilines is 2. The molecule has 0 unspecified atom stereocenters. The van der Waals surface area contributed by atoms with Crippen molar-refractivity contribution in [3.05, 3.63) is 41.0 Å². The summed E-state index contributed by atoms with van der Waals surface area (Å²) in [7, 11) is 0. The van der Waals surface area contributed by atoms with E-state index < -0.39 is 0 Å². The zero-order valence-corrected chi connectivity index (χ0v) is 10.3. The van der Waals surface area contributed by atoms with Crippen molar-refractivity contribution in [3.8, 4) is 0 Å². The van der Waals surface area contributed by atoms with E-state index in [4.69, 9.17) is 5.73 Å². The first-order valence-corrected chi connectivity index (χ1v) is 5.95. The molecule has 2 rings (SSSR count). The zero-order chi connectivity index (χ0) is 11.5. The number of hydrogen-bond donors (Lipinski definition) is 2. The molecule has 0 amide bonds. The van der Waals surface area contributed by atoms with Crippen LogP contribution in [0.15, 0.2) is 24.3 Å². The molecule has 0 spiro atoms. The predicted octanol–water partition coefficient (Wildman–Crippen LogP) is 2.95. The quantitative estimate of drug-likeness (QED) is 0.857. The van der Waals surface area contributed by atoms with Crippen molar-refractivity contribution in [2.75, 3.05) is 11.1 Å². The molecule has 0 bridgehead atoms. The fourth-order valence-corrected chi connectivity index (χ4v) is 2.22. The number of nitrogen functional groups attached to an aromatic ring is 1. The van der Waals surface area contributed by atoms with Crippen LogP contribution in [-0.4, -0.2) is 4.37 Å². The van der Waals surface area contributed by atoms with E-state index >= 15 is 0 Å². The summed E-state index contributed by atoms with van der Waals surface area (Å²) in [6, 6.07) is 8.45. The minimum Gasteiger partial charge on any atom is -0.383 e. The molecule has 0 radical (unpaired) electrons. The monoisotopic (exact) mass is 233 g/mol. The summed E-state index contributed by atoms with van der Waals surface area (Å²) in [4.78, 5) is 0. The number of benzene rings is 1. The molecule has 0 aliphatic carbocycles. The maximum atomic E-state index is 5.69. The Morgan fingerprint density at radius 1 is 1.38 bits per heavy atom. The second kappa shape index (κ2) is 4.53. The van der Waals surface area contributed by atoms with Crippen LogP contribution in [0.1, 0.15) is 16.7 Å². The van der Waals surface area contributed by atoms with Gasteiger partial charge in [0.05, 0.1) is 0 Å². The molecule has 0 atom stereocenters. The molecule has 16 heavy (non-hydrogen) atoms. The van der Waals surface area contributed by atoms with E-state index in [-0.39, 0.29) is 0 Å². The SMILES string of the molecule is Cc1cccc(CNc2snc(N)c2C)c1. The Hall–Kier alpha value is -1.55. The number of nitrogens with two attached hydrogens (primary N) is 1. The zero-order valence-electron chi connectivity index (χ0n) is 9.45. The first-order chi connectivity index (χ1) is 7.66. The van der Waals surface area contributed by atoms with Crippen LogP contribution in [0.5, 0.6) is 0 Å². The van der Waals surface area contributed by atoms with E-state index in [1.807, 2.05) is 6.92 Å². The van der Waals surface area contributed by atoms with Gasteiger partial charge in [0.2, 0.25) is 0 Å². The van der Waals surface area contributed by atoms with Crippen molar-refractivity contribution in [1.82, 2.24) is 4.37 Å². The molecule has 1 aromatic heterocycles. The van der Waals surface area contributed by atoms with Crippen LogP contribution in [0.25, 0.3) is 0 Å². The minimum absolute atomic E-state index is 0.622. The van der Waals surface area contributed by atoms with Gasteiger partial charge in [-0.05, 0) is 30.9 Å². The van der Waals surface area contributed by atoms with E-state index in [1.54, 1.807) is 0 Å². The maximum Gasteiger partial charge on any atom is 0.142 e. The molecule has 0 fully saturated rings. The maximum absolute atomic E-state index is 5.69. The Morgan fingerprint density at radius 3 is 2.81 bits per heavy atom. The average Bonchev–Trinajstić information content (AvgIpc) is 2.57. The van der Waals surface area contributed by atoms with Gasteiger partial charge in [0.15, 0.2) is 0 Å². The number of aryl methyl sites for hydroxylation is 1. The summed E-state index contributed by atoms with van der Waals surface area (Å²) in [5.41, 5.74) is 9.28. The summed E-state index contributed by atoms with van der Waals surface area (Å²) in [5.74, 6) is 0.622. The van der Waals surface area contributed by atoms with Crippen LogP contribution < -0.4 is 11.1 Å². The molecule has 1 heterocycles. The molecule has 0 saturated heterocycles. The number of aromatic nitrogens is 1. The van der Waals surface area contributed by atoms with Crippen LogP contribution in [0, 0.1) is 13.8 Å². The van der Waals surface area contributed by atoms with Gasteiger partial charge in [0, 0.05) is 12.1 Å². The fraction of sp³-hybridized carbons (Fsp3) is 0.250. The lowest BCUT2D eigenvalue weighted by molar-refractivity contribution is 1.15. The van der Waals surface area contributed by atoms with E-state index in [2.05, 4.69) is 40.9 Å². The lowest BCUT2D eigenvalue weighted by Crippen LogP contribution is -1.99. The van der Waals surface area contributed by atoms with Crippen molar-refractivity contribution in [2.45, 2.75) is 20.4 Å². The predicted molar refractivity (Wildman–Crippen MR) is 69.8 cm³/mol. The third kappa shape index (κ3) is 2.33. The van der Waals surface area contributed by atoms with Crippen LogP contribution >= 0.6 is 11.5 Å². The number of rotatable bonds is 3. The summed E-state index contributed by atoms with van der Waals surface area (Å²) < 4.78 is 4.10. The normalized spacial score (nSPS) is 10.4. The van der Waals surface area contributed by atoms with Gasteiger partial charge in [0.1, 0.15) is 10.8 Å². The van der Waals surface area contributed by atoms with E-state index in [0.29, 0.717) is 5.82 Å². The van der Waals surface area contributed by atoms with E-state index in [9.17, 15) is 0 Å². The van der Waals surface area contributed by atoms with Crippen LogP contribution in [0.4, 0.5) is 10.8 Å². The molecule has 0 aliphatic heterocycles. The molecular weight excluding hydrogens is 218 g/mol. The largest absolute Gasteiger partial charge is 0.383 e. The molecule has 4 heteroatoms. The highest BCUT2D eigenvalue weighted by atomic mass is 32.1. The Bertz CT molecular complexity index is 491. The van der Waals surface area contributed by atoms with Gasteiger partial charge in [-0.25, -0.2) is 0 Å².